The van der Waals surface area contributed by atoms with E-state index in [1.54, 1.807) is 0 Å². The Morgan fingerprint density at radius 2 is 2.00 bits per heavy atom. The van der Waals surface area contributed by atoms with Crippen molar-refractivity contribution in [2.24, 2.45) is 0 Å². The summed E-state index contributed by atoms with van der Waals surface area (Å²) in [5, 5.41) is 4.08. The number of rotatable bonds is 5. The van der Waals surface area contributed by atoms with Crippen LogP contribution in [-0.2, 0) is 0 Å². The van der Waals surface area contributed by atoms with E-state index in [-0.39, 0.29) is 9.52 Å². The second-order valence-corrected chi connectivity index (χ2v) is 15.0. The highest BCUT2D eigenvalue weighted by molar-refractivity contribution is 6.77. The number of nitrogens with zero attached hydrogens (tertiary/aromatic N) is 1. The summed E-state index contributed by atoms with van der Waals surface area (Å²) in [5.41, 5.74) is 4.03. The monoisotopic (exact) mass is 312 g/mol. The Bertz CT molecular complexity index is 328. The molecule has 1 aliphatic heterocycles. The van der Waals surface area contributed by atoms with Gasteiger partial charge in [0.2, 0.25) is 0 Å². The molecule has 20 heavy (non-hydrogen) atoms. The molecule has 0 radical (unpaired) electrons. The molecular weight excluding hydrogens is 276 g/mol. The molecule has 4 heteroatoms. The summed E-state index contributed by atoms with van der Waals surface area (Å²) in [6.07, 6.45) is 1.40. The van der Waals surface area contributed by atoms with E-state index >= 15 is 0 Å². The van der Waals surface area contributed by atoms with Gasteiger partial charge in [-0.3, -0.25) is 0 Å². The molecule has 0 aromatic rings. The number of allylic oxidation sites excluding steroid dienone is 1. The average molecular weight is 313 g/mol. The van der Waals surface area contributed by atoms with E-state index in [2.05, 4.69) is 63.3 Å². The van der Waals surface area contributed by atoms with E-state index in [1.165, 1.54) is 37.7 Å². The summed E-state index contributed by atoms with van der Waals surface area (Å²) in [6.45, 7) is 20.6. The molecule has 1 N–H and O–H groups in total. The lowest BCUT2D eigenvalue weighted by Gasteiger charge is -2.51. The molecule has 0 aromatic carbocycles. The fourth-order valence-electron chi connectivity index (χ4n) is 2.93. The Balaban J connectivity index is 2.65. The fourth-order valence-corrected chi connectivity index (χ4v) is 7.08. The number of hydrogen-bond acceptors (Lipinski definition) is 2. The van der Waals surface area contributed by atoms with Gasteiger partial charge in [-0.2, -0.15) is 0 Å². The second kappa shape index (κ2) is 7.38. The minimum atomic E-state index is -1.36. The first-order valence-corrected chi connectivity index (χ1v) is 13.0. The first-order valence-electron chi connectivity index (χ1n) is 8.27. The van der Waals surface area contributed by atoms with Crippen LogP contribution in [0.25, 0.3) is 0 Å². The van der Waals surface area contributed by atoms with Crippen molar-refractivity contribution in [2.75, 3.05) is 19.6 Å². The van der Waals surface area contributed by atoms with Crippen LogP contribution < -0.4 is 5.32 Å². The zero-order valence-corrected chi connectivity index (χ0v) is 17.3. The van der Waals surface area contributed by atoms with Gasteiger partial charge in [0.25, 0.3) is 0 Å². The quantitative estimate of drug-likeness (QED) is 0.619. The van der Waals surface area contributed by atoms with Gasteiger partial charge in [-0.15, -0.1) is 5.70 Å². The van der Waals surface area contributed by atoms with Crippen molar-refractivity contribution in [3.8, 4) is 0 Å². The zero-order valence-electron chi connectivity index (χ0n) is 14.8. The molecule has 1 rings (SSSR count). The number of nitrogens with one attached hydrogen (secondary N) is 1. The average Bonchev–Trinajstić information content (AvgIpc) is 2.33. The molecule has 0 amide bonds. The van der Waals surface area contributed by atoms with Crippen molar-refractivity contribution in [3.63, 3.8) is 0 Å². The Morgan fingerprint density at radius 1 is 1.35 bits per heavy atom. The van der Waals surface area contributed by atoms with Crippen molar-refractivity contribution in [1.29, 1.82) is 0 Å². The summed E-state index contributed by atoms with van der Waals surface area (Å²) >= 11 is 0. The lowest BCUT2D eigenvalue weighted by Crippen LogP contribution is -2.65. The van der Waals surface area contributed by atoms with Gasteiger partial charge < -0.3 is 9.88 Å². The standard InChI is InChI=1S/C16H36N2Si2/c1-14(2)13-19-11-8-15-12-17-9-10-18(15)20(6,7)16(3,4)5/h13,15,17H,8-12,19H2,1-7H3. The first kappa shape index (κ1) is 18.1. The van der Waals surface area contributed by atoms with Crippen LogP contribution in [0.4, 0.5) is 0 Å². The van der Waals surface area contributed by atoms with E-state index in [0.29, 0.717) is 5.04 Å². The normalized spacial score (nSPS) is 22.4. The van der Waals surface area contributed by atoms with E-state index in [4.69, 9.17) is 0 Å². The highest BCUT2D eigenvalue weighted by atomic mass is 28.3. The molecular formula is C16H36N2Si2. The van der Waals surface area contributed by atoms with Gasteiger partial charge in [-0.1, -0.05) is 45.5 Å². The Hall–Kier alpha value is 0.0938. The van der Waals surface area contributed by atoms with Crippen molar-refractivity contribution in [2.45, 2.75) is 71.3 Å². The third-order valence-corrected chi connectivity index (χ3v) is 12.8. The van der Waals surface area contributed by atoms with Crippen LogP contribution in [0, 0.1) is 0 Å². The molecule has 2 nitrogen and oxygen atoms in total. The highest BCUT2D eigenvalue weighted by Gasteiger charge is 2.44. The van der Waals surface area contributed by atoms with Crippen LogP contribution in [0.15, 0.2) is 11.3 Å². The maximum absolute atomic E-state index is 3.62. The smallest absolute Gasteiger partial charge is 0.127 e. The Kier molecular flexibility index (Phi) is 6.70. The maximum atomic E-state index is 3.62. The van der Waals surface area contributed by atoms with E-state index in [1.807, 2.05) is 0 Å². The molecule has 0 aliphatic carbocycles. The predicted molar refractivity (Wildman–Crippen MR) is 98.0 cm³/mol. The number of hydrogen-bond donors (Lipinski definition) is 1. The lowest BCUT2D eigenvalue weighted by atomic mass is 10.2. The van der Waals surface area contributed by atoms with E-state index in [9.17, 15) is 0 Å². The third-order valence-electron chi connectivity index (χ3n) is 5.20. The molecule has 0 aromatic heterocycles. The fraction of sp³-hybridized carbons (Fsp3) is 0.875. The van der Waals surface area contributed by atoms with Gasteiger partial charge in [-0.05, 0) is 25.3 Å². The van der Waals surface area contributed by atoms with Crippen LogP contribution in [0.5, 0.6) is 0 Å². The molecule has 0 spiro atoms. The Labute approximate surface area is 130 Å². The van der Waals surface area contributed by atoms with Crippen LogP contribution in [0.1, 0.15) is 41.0 Å². The summed E-state index contributed by atoms with van der Waals surface area (Å²) < 4.78 is 2.92. The summed E-state index contributed by atoms with van der Waals surface area (Å²) in [7, 11) is -1.34. The van der Waals surface area contributed by atoms with Gasteiger partial charge in [0.05, 0.1) is 0 Å². The molecule has 1 atom stereocenters. The van der Waals surface area contributed by atoms with Crippen molar-refractivity contribution < 1.29 is 0 Å². The Morgan fingerprint density at radius 3 is 2.55 bits per heavy atom. The van der Waals surface area contributed by atoms with Gasteiger partial charge in [0.1, 0.15) is 8.24 Å². The summed E-state index contributed by atoms with van der Waals surface area (Å²) in [4.78, 5) is 0. The van der Waals surface area contributed by atoms with Gasteiger partial charge >= 0.3 is 0 Å². The highest BCUT2D eigenvalue weighted by Crippen LogP contribution is 2.39. The molecule has 1 fully saturated rings. The van der Waals surface area contributed by atoms with Gasteiger partial charge in [0, 0.05) is 35.2 Å². The first-order chi connectivity index (χ1) is 9.16. The largest absolute Gasteiger partial charge is 0.318 e. The molecule has 1 heterocycles. The molecule has 118 valence electrons. The zero-order chi connectivity index (χ0) is 15.4. The van der Waals surface area contributed by atoms with E-state index < -0.39 is 8.24 Å². The summed E-state index contributed by atoms with van der Waals surface area (Å²) in [5.74, 6) is 0. The maximum Gasteiger partial charge on any atom is 0.127 e. The molecule has 0 bridgehead atoms. The van der Waals surface area contributed by atoms with Crippen LogP contribution >= 0.6 is 0 Å². The SMILES string of the molecule is CC(C)=C[SiH2]CCC1CNCCN1[Si](C)(C)C(C)(C)C. The topological polar surface area (TPSA) is 15.3 Å². The molecule has 1 saturated heterocycles. The van der Waals surface area contributed by atoms with Crippen LogP contribution in [0.2, 0.25) is 24.2 Å². The molecule has 1 unspecified atom stereocenters. The lowest BCUT2D eigenvalue weighted by molar-refractivity contribution is 0.244. The van der Waals surface area contributed by atoms with Crippen molar-refractivity contribution in [3.05, 3.63) is 11.3 Å². The van der Waals surface area contributed by atoms with Crippen LogP contribution in [-0.4, -0.2) is 48.0 Å². The van der Waals surface area contributed by atoms with Gasteiger partial charge in [0.15, 0.2) is 0 Å². The summed E-state index contributed by atoms with van der Waals surface area (Å²) in [6, 6.07) is 2.24. The van der Waals surface area contributed by atoms with E-state index in [0.717, 1.165) is 6.04 Å². The van der Waals surface area contributed by atoms with Crippen molar-refractivity contribution >= 4 is 17.8 Å². The minimum Gasteiger partial charge on any atom is -0.318 e. The third kappa shape index (κ3) is 4.83. The minimum absolute atomic E-state index is 0.0172. The predicted octanol–water partition coefficient (Wildman–Crippen LogP) is 3.17. The number of piperazine rings is 1. The second-order valence-electron chi connectivity index (χ2n) is 8.07. The van der Waals surface area contributed by atoms with Crippen molar-refractivity contribution in [1.82, 2.24) is 9.88 Å². The van der Waals surface area contributed by atoms with Crippen LogP contribution in [0.3, 0.4) is 0 Å². The molecule has 1 aliphatic rings. The molecule has 0 saturated carbocycles. The van der Waals surface area contributed by atoms with Gasteiger partial charge in [-0.25, -0.2) is 0 Å².